The number of benzene rings is 1. The van der Waals surface area contributed by atoms with Crippen LogP contribution in [0, 0.1) is 34.5 Å². The Bertz CT molecular complexity index is 1580. The van der Waals surface area contributed by atoms with E-state index in [1.165, 1.54) is 12.5 Å². The molecule has 5 N–H and O–H groups in total. The van der Waals surface area contributed by atoms with Crippen LogP contribution in [0.3, 0.4) is 0 Å². The molecule has 2 aliphatic carbocycles. The van der Waals surface area contributed by atoms with E-state index in [0.29, 0.717) is 31.7 Å². The molecule has 12 heteroatoms. The Morgan fingerprint density at radius 2 is 1.41 bits per heavy atom. The van der Waals surface area contributed by atoms with Gasteiger partial charge in [0.25, 0.3) is 0 Å². The van der Waals surface area contributed by atoms with E-state index >= 15 is 0 Å². The van der Waals surface area contributed by atoms with Crippen molar-refractivity contribution < 1.29 is 33.6 Å². The lowest BCUT2D eigenvalue weighted by atomic mass is 9.79. The van der Waals surface area contributed by atoms with Gasteiger partial charge in [0.15, 0.2) is 5.78 Å². The molecule has 1 aromatic rings. The number of ketones is 2. The van der Waals surface area contributed by atoms with E-state index in [2.05, 4.69) is 75.4 Å². The van der Waals surface area contributed by atoms with Crippen molar-refractivity contribution in [3.05, 3.63) is 35.9 Å². The van der Waals surface area contributed by atoms with Crippen molar-refractivity contribution in [3.8, 4) is 0 Å². The number of amides is 4. The van der Waals surface area contributed by atoms with Crippen LogP contribution in [0.2, 0.25) is 0 Å². The number of nitrogens with two attached hydrogens (primary N) is 1. The van der Waals surface area contributed by atoms with Crippen molar-refractivity contribution in [2.45, 2.75) is 189 Å². The number of hydrogen-bond donors (Lipinski definition) is 4. The Balaban J connectivity index is 0.000000559. The van der Waals surface area contributed by atoms with Crippen LogP contribution in [0.1, 0.15) is 171 Å². The first-order valence-electron chi connectivity index (χ1n) is 22.8. The molecule has 344 valence electrons. The first-order valence-corrected chi connectivity index (χ1v) is 22.8. The molecular weight excluding hydrogens is 771 g/mol. The van der Waals surface area contributed by atoms with Gasteiger partial charge in [-0.1, -0.05) is 124 Å². The molecule has 4 amide bonds. The third-order valence-corrected chi connectivity index (χ3v) is 12.5. The molecule has 5 unspecified atom stereocenters. The molecule has 3 aliphatic rings. The number of primary amides is 1. The van der Waals surface area contributed by atoms with Crippen LogP contribution >= 0.6 is 0 Å². The van der Waals surface area contributed by atoms with Crippen molar-refractivity contribution in [3.63, 3.8) is 0 Å². The van der Waals surface area contributed by atoms with Crippen LogP contribution in [0.4, 0.5) is 0 Å². The van der Waals surface area contributed by atoms with Crippen molar-refractivity contribution in [1.82, 2.24) is 20.9 Å². The van der Waals surface area contributed by atoms with Crippen LogP contribution in [0.15, 0.2) is 30.3 Å². The summed E-state index contributed by atoms with van der Waals surface area (Å²) >= 11 is 0. The first-order chi connectivity index (χ1) is 28.4. The number of Topliss-reactive ketones (excluding diaryl/α,β-unsaturated/α-hetero) is 2. The maximum atomic E-state index is 14.4. The molecule has 0 radical (unpaired) electrons. The largest absolute Gasteiger partial charge is 0.372 e. The fourth-order valence-electron chi connectivity index (χ4n) is 8.78. The zero-order valence-corrected chi connectivity index (χ0v) is 39.4. The lowest BCUT2D eigenvalue weighted by molar-refractivity contribution is -0.145. The third-order valence-electron chi connectivity index (χ3n) is 12.5. The Hall–Kier alpha value is -3.93. The summed E-state index contributed by atoms with van der Waals surface area (Å²) in [4.78, 5) is 88.0. The zero-order valence-electron chi connectivity index (χ0n) is 39.4. The minimum Gasteiger partial charge on any atom is -0.372 e. The van der Waals surface area contributed by atoms with Crippen LogP contribution in [-0.2, 0) is 33.6 Å². The SMILES string of the molecule is CC(=O)CC(=O)C(CC1CCC1)NC(=O)C1[C@@H](CC(C)(C)C)CCN1C(=O)C(NC(=O)CC(C)(C)C)C1CCCCC1.CC(NC(C)(C=O)C(C)C)c1ccccc1.NC=O. The van der Waals surface area contributed by atoms with Crippen LogP contribution in [-0.4, -0.2) is 77.1 Å². The molecule has 6 atom stereocenters. The van der Waals surface area contributed by atoms with Crippen molar-refractivity contribution >= 4 is 42.0 Å². The van der Waals surface area contributed by atoms with Gasteiger partial charge in [-0.15, -0.1) is 0 Å². The van der Waals surface area contributed by atoms with E-state index in [1.807, 2.05) is 45.9 Å². The Morgan fingerprint density at radius 3 is 1.89 bits per heavy atom. The molecule has 1 aliphatic heterocycles. The maximum absolute atomic E-state index is 14.4. The fourth-order valence-corrected chi connectivity index (χ4v) is 8.78. The van der Waals surface area contributed by atoms with Crippen LogP contribution < -0.4 is 21.7 Å². The van der Waals surface area contributed by atoms with Crippen LogP contribution in [0.25, 0.3) is 0 Å². The number of carbonyl (C=O) groups is 7. The predicted molar refractivity (Wildman–Crippen MR) is 242 cm³/mol. The van der Waals surface area contributed by atoms with Gasteiger partial charge >= 0.3 is 0 Å². The molecule has 4 rings (SSSR count). The second kappa shape index (κ2) is 24.6. The molecular formula is C49H81N5O7. The number of likely N-dealkylation sites (tertiary alicyclic amines) is 1. The smallest absolute Gasteiger partial charge is 0.246 e. The van der Waals surface area contributed by atoms with E-state index in [4.69, 9.17) is 4.79 Å². The van der Waals surface area contributed by atoms with E-state index < -0.39 is 23.7 Å². The summed E-state index contributed by atoms with van der Waals surface area (Å²) in [5.41, 5.74) is 4.65. The monoisotopic (exact) mass is 852 g/mol. The van der Waals surface area contributed by atoms with Gasteiger partial charge in [0.05, 0.1) is 18.0 Å². The van der Waals surface area contributed by atoms with Crippen LogP contribution in [0.5, 0.6) is 0 Å². The average Bonchev–Trinajstić information content (AvgIpc) is 3.56. The summed E-state index contributed by atoms with van der Waals surface area (Å²) in [6.07, 6.45) is 11.5. The molecule has 12 nitrogen and oxygen atoms in total. The fraction of sp³-hybridized carbons (Fsp3) is 0.735. The Labute approximate surface area is 367 Å². The van der Waals surface area contributed by atoms with Gasteiger partial charge in [0.1, 0.15) is 24.2 Å². The molecule has 0 aromatic heterocycles. The average molecular weight is 852 g/mol. The second-order valence-corrected chi connectivity index (χ2v) is 20.9. The first kappa shape index (κ1) is 53.2. The Kier molecular flexibility index (Phi) is 21.5. The summed E-state index contributed by atoms with van der Waals surface area (Å²) in [6.45, 7) is 22.4. The number of aldehydes is 1. The standard InChI is InChI=1S/C34H57N3O5.C14H21NO.CH3NO/c1-22(38)18-27(39)26(19-23-12-11-13-23)35-31(41)30-25(20-33(2,3)4)16-17-37(30)32(42)29(24-14-9-8-10-15-24)36-28(40)21-34(5,6)7;1-11(2)14(4,10-16)15-12(3)13-8-6-5-7-9-13;2-1-3/h23-26,29-30H,8-21H2,1-7H3,(H,35,41)(H,36,40);5-12,15H,1-4H3;1H,(H2,2,3)/t25-,26?,29?,30?;;/m1../s1. The summed E-state index contributed by atoms with van der Waals surface area (Å²) in [6, 6.07) is 8.26. The minimum absolute atomic E-state index is 0.0454. The highest BCUT2D eigenvalue weighted by atomic mass is 16.2. The second-order valence-electron chi connectivity index (χ2n) is 20.9. The molecule has 61 heavy (non-hydrogen) atoms. The lowest BCUT2D eigenvalue weighted by Gasteiger charge is -2.37. The molecule has 2 saturated carbocycles. The zero-order chi connectivity index (χ0) is 46.1. The molecule has 3 fully saturated rings. The summed E-state index contributed by atoms with van der Waals surface area (Å²) in [5, 5.41) is 9.53. The van der Waals surface area contributed by atoms with Gasteiger partial charge in [-0.2, -0.15) is 0 Å². The van der Waals surface area contributed by atoms with Crippen molar-refractivity contribution in [1.29, 1.82) is 0 Å². The van der Waals surface area contributed by atoms with Gasteiger partial charge in [-0.05, 0) is 92.9 Å². The van der Waals surface area contributed by atoms with Crippen molar-refractivity contribution in [2.75, 3.05) is 6.54 Å². The van der Waals surface area contributed by atoms with Gasteiger partial charge < -0.3 is 26.1 Å². The summed E-state index contributed by atoms with van der Waals surface area (Å²) in [7, 11) is 0. The number of rotatable bonds is 17. The topological polar surface area (TPSA) is 185 Å². The number of nitrogens with zero attached hydrogens (tertiary/aromatic N) is 1. The summed E-state index contributed by atoms with van der Waals surface area (Å²) < 4.78 is 0. The van der Waals surface area contributed by atoms with E-state index in [0.717, 1.165) is 64.1 Å². The van der Waals surface area contributed by atoms with Gasteiger partial charge in [-0.3, -0.25) is 34.1 Å². The normalized spacial score (nSPS) is 20.8. The molecule has 1 saturated heterocycles. The third kappa shape index (κ3) is 18.1. The quantitative estimate of drug-likeness (QED) is 0.0922. The molecule has 1 aromatic carbocycles. The highest BCUT2D eigenvalue weighted by Gasteiger charge is 2.47. The number of hydrogen-bond acceptors (Lipinski definition) is 8. The van der Waals surface area contributed by atoms with E-state index in [1.54, 1.807) is 4.90 Å². The minimum atomic E-state index is -0.722. The summed E-state index contributed by atoms with van der Waals surface area (Å²) in [5.74, 6) is -0.442. The van der Waals surface area contributed by atoms with E-state index in [9.17, 15) is 28.8 Å². The predicted octanol–water partition coefficient (Wildman–Crippen LogP) is 7.42. The molecule has 1 heterocycles. The molecule has 0 spiro atoms. The Morgan fingerprint density at radius 1 is 0.820 bits per heavy atom. The number of nitrogens with one attached hydrogen (secondary N) is 3. The van der Waals surface area contributed by atoms with Gasteiger partial charge in [0.2, 0.25) is 24.1 Å². The van der Waals surface area contributed by atoms with E-state index in [-0.39, 0.29) is 76.7 Å². The van der Waals surface area contributed by atoms with Crippen molar-refractivity contribution in [2.24, 2.45) is 40.2 Å². The lowest BCUT2D eigenvalue weighted by Crippen LogP contribution is -2.58. The highest BCUT2D eigenvalue weighted by molar-refractivity contribution is 6.02. The van der Waals surface area contributed by atoms with Gasteiger partial charge in [-0.25, -0.2) is 0 Å². The highest BCUT2D eigenvalue weighted by Crippen LogP contribution is 2.38. The number of carbonyl (C=O) groups excluding carboxylic acids is 7. The molecule has 0 bridgehead atoms. The van der Waals surface area contributed by atoms with Gasteiger partial charge in [0, 0.05) is 19.0 Å². The maximum Gasteiger partial charge on any atom is 0.246 e.